The monoisotopic (exact) mass is 279 g/mol. The Kier molecular flexibility index (Phi) is 6.03. The molecule has 110 valence electrons. The molecule has 1 aromatic carbocycles. The maximum Gasteiger partial charge on any atom is 0.303 e. The summed E-state index contributed by atoms with van der Waals surface area (Å²) in [6.07, 6.45) is 0.729. The number of ether oxygens (including phenoxy) is 1. The van der Waals surface area contributed by atoms with E-state index in [1.807, 2.05) is 0 Å². The van der Waals surface area contributed by atoms with Crippen LogP contribution in [0.4, 0.5) is 5.69 Å². The van der Waals surface area contributed by atoms with Crippen LogP contribution >= 0.6 is 0 Å². The number of Topliss-reactive ketones (excluding diaryl/α,β-unsaturated/α-hetero) is 1. The van der Waals surface area contributed by atoms with Gasteiger partial charge in [0.2, 0.25) is 0 Å². The predicted octanol–water partition coefficient (Wildman–Crippen LogP) is 2.74. The van der Waals surface area contributed by atoms with Gasteiger partial charge in [0, 0.05) is 12.0 Å². The summed E-state index contributed by atoms with van der Waals surface area (Å²) in [5, 5.41) is 8.55. The van der Waals surface area contributed by atoms with Crippen molar-refractivity contribution < 1.29 is 19.4 Å². The van der Waals surface area contributed by atoms with Crippen LogP contribution in [0.25, 0.3) is 0 Å². The number of nitrogen functional groups attached to an aromatic ring is 1. The first-order valence-corrected chi connectivity index (χ1v) is 6.67. The minimum atomic E-state index is -0.986. The van der Waals surface area contributed by atoms with E-state index in [1.165, 1.54) is 6.07 Å². The van der Waals surface area contributed by atoms with E-state index in [2.05, 4.69) is 13.8 Å². The molecule has 5 nitrogen and oxygen atoms in total. The molecule has 0 spiro atoms. The number of nitrogens with two attached hydrogens (primary N) is 1. The zero-order valence-electron chi connectivity index (χ0n) is 11.9. The molecule has 0 fully saturated rings. The van der Waals surface area contributed by atoms with Gasteiger partial charge >= 0.3 is 5.97 Å². The number of hydrogen-bond acceptors (Lipinski definition) is 4. The average Bonchev–Trinajstić information content (AvgIpc) is 2.37. The Balaban J connectivity index is 2.62. The fraction of sp³-hybridized carbons (Fsp3) is 0.467. The van der Waals surface area contributed by atoms with Crippen molar-refractivity contribution in [1.82, 2.24) is 0 Å². The van der Waals surface area contributed by atoms with Gasteiger partial charge in [-0.15, -0.1) is 0 Å². The summed E-state index contributed by atoms with van der Waals surface area (Å²) in [5.74, 6) is -0.110. The highest BCUT2D eigenvalue weighted by Gasteiger charge is 2.11. The molecule has 0 aromatic heterocycles. The van der Waals surface area contributed by atoms with Crippen molar-refractivity contribution in [1.29, 1.82) is 0 Å². The fourth-order valence-corrected chi connectivity index (χ4v) is 1.62. The Hall–Kier alpha value is -2.04. The molecule has 0 atom stereocenters. The predicted molar refractivity (Wildman–Crippen MR) is 77.0 cm³/mol. The molecule has 0 aliphatic carbocycles. The summed E-state index contributed by atoms with van der Waals surface area (Å²) in [6.45, 7) is 4.79. The molecule has 3 N–H and O–H groups in total. The summed E-state index contributed by atoms with van der Waals surface area (Å²) >= 11 is 0. The first-order chi connectivity index (χ1) is 9.40. The van der Waals surface area contributed by atoms with Crippen LogP contribution in [0.5, 0.6) is 5.75 Å². The van der Waals surface area contributed by atoms with Gasteiger partial charge in [-0.05, 0) is 30.5 Å². The van der Waals surface area contributed by atoms with Gasteiger partial charge in [0.15, 0.2) is 5.78 Å². The lowest BCUT2D eigenvalue weighted by Gasteiger charge is -2.11. The van der Waals surface area contributed by atoms with Gasteiger partial charge in [0.1, 0.15) is 5.75 Å². The zero-order valence-corrected chi connectivity index (χ0v) is 11.9. The van der Waals surface area contributed by atoms with Crippen LogP contribution in [0.2, 0.25) is 0 Å². The number of hydrogen-bond donors (Lipinski definition) is 2. The van der Waals surface area contributed by atoms with Crippen molar-refractivity contribution in [2.45, 2.75) is 33.1 Å². The van der Waals surface area contributed by atoms with Crippen LogP contribution in [0, 0.1) is 5.92 Å². The summed E-state index contributed by atoms with van der Waals surface area (Å²) in [6, 6.07) is 4.81. The van der Waals surface area contributed by atoms with Crippen molar-refractivity contribution >= 4 is 17.4 Å². The Morgan fingerprint density at radius 1 is 1.30 bits per heavy atom. The number of rotatable bonds is 8. The number of carbonyl (C=O) groups is 2. The van der Waals surface area contributed by atoms with Gasteiger partial charge in [-0.1, -0.05) is 13.8 Å². The quantitative estimate of drug-likeness (QED) is 0.564. The second-order valence-corrected chi connectivity index (χ2v) is 5.10. The first kappa shape index (κ1) is 16.0. The minimum absolute atomic E-state index is 0.0255. The molecule has 20 heavy (non-hydrogen) atoms. The average molecular weight is 279 g/mol. The lowest BCUT2D eigenvalue weighted by molar-refractivity contribution is -0.136. The highest BCUT2D eigenvalue weighted by molar-refractivity contribution is 5.98. The lowest BCUT2D eigenvalue weighted by atomic mass is 10.1. The van der Waals surface area contributed by atoms with Crippen LogP contribution in [-0.4, -0.2) is 23.5 Å². The van der Waals surface area contributed by atoms with Crippen molar-refractivity contribution in [3.63, 3.8) is 0 Å². The van der Waals surface area contributed by atoms with Gasteiger partial charge in [-0.25, -0.2) is 0 Å². The number of anilines is 1. The Labute approximate surface area is 118 Å². The summed E-state index contributed by atoms with van der Waals surface area (Å²) < 4.78 is 5.55. The smallest absolute Gasteiger partial charge is 0.303 e. The number of aliphatic carboxylic acids is 1. The molecule has 0 saturated carbocycles. The molecule has 0 radical (unpaired) electrons. The van der Waals surface area contributed by atoms with Crippen molar-refractivity contribution in [3.8, 4) is 5.75 Å². The van der Waals surface area contributed by atoms with Gasteiger partial charge in [0.05, 0.1) is 18.7 Å². The van der Waals surface area contributed by atoms with E-state index in [0.29, 0.717) is 29.5 Å². The fourth-order valence-electron chi connectivity index (χ4n) is 1.62. The summed E-state index contributed by atoms with van der Waals surface area (Å²) in [5.41, 5.74) is 6.65. The SMILES string of the molecule is CC(C)CCOc1ccc(C(=O)CCC(=O)O)cc1N. The topological polar surface area (TPSA) is 89.6 Å². The second kappa shape index (κ2) is 7.53. The zero-order chi connectivity index (χ0) is 15.1. The molecular weight excluding hydrogens is 258 g/mol. The maximum absolute atomic E-state index is 11.8. The normalized spacial score (nSPS) is 10.6. The molecular formula is C15H21NO4. The van der Waals surface area contributed by atoms with Crippen LogP contribution in [0.15, 0.2) is 18.2 Å². The standard InChI is InChI=1S/C15H21NO4/c1-10(2)7-8-20-14-5-3-11(9-12(14)16)13(17)4-6-15(18)19/h3,5,9-10H,4,6-8,16H2,1-2H3,(H,18,19). The van der Waals surface area contributed by atoms with E-state index in [-0.39, 0.29) is 18.6 Å². The Morgan fingerprint density at radius 2 is 2.00 bits per heavy atom. The number of carboxylic acids is 1. The van der Waals surface area contributed by atoms with Crippen LogP contribution < -0.4 is 10.5 Å². The van der Waals surface area contributed by atoms with Gasteiger partial charge in [-0.3, -0.25) is 9.59 Å². The molecule has 0 unspecified atom stereocenters. The lowest BCUT2D eigenvalue weighted by Crippen LogP contribution is -2.06. The van der Waals surface area contributed by atoms with Crippen molar-refractivity contribution in [2.24, 2.45) is 5.92 Å². The third kappa shape index (κ3) is 5.30. The number of carboxylic acid groups (broad SMARTS) is 1. The molecule has 0 aliphatic heterocycles. The third-order valence-electron chi connectivity index (χ3n) is 2.85. The highest BCUT2D eigenvalue weighted by atomic mass is 16.5. The molecule has 0 saturated heterocycles. The van der Waals surface area contributed by atoms with Crippen molar-refractivity contribution in [2.75, 3.05) is 12.3 Å². The molecule has 1 aromatic rings. The van der Waals surface area contributed by atoms with E-state index < -0.39 is 5.97 Å². The largest absolute Gasteiger partial charge is 0.491 e. The molecule has 0 bridgehead atoms. The van der Waals surface area contributed by atoms with E-state index in [0.717, 1.165) is 6.42 Å². The number of carbonyl (C=O) groups excluding carboxylic acids is 1. The molecule has 5 heteroatoms. The number of benzene rings is 1. The van der Waals surface area contributed by atoms with E-state index in [1.54, 1.807) is 12.1 Å². The van der Waals surface area contributed by atoms with Gasteiger partial charge < -0.3 is 15.6 Å². The van der Waals surface area contributed by atoms with Gasteiger partial charge in [0.25, 0.3) is 0 Å². The van der Waals surface area contributed by atoms with E-state index in [4.69, 9.17) is 15.6 Å². The number of ketones is 1. The van der Waals surface area contributed by atoms with E-state index in [9.17, 15) is 9.59 Å². The van der Waals surface area contributed by atoms with Gasteiger partial charge in [-0.2, -0.15) is 0 Å². The summed E-state index contributed by atoms with van der Waals surface area (Å²) in [4.78, 5) is 22.2. The van der Waals surface area contributed by atoms with Crippen LogP contribution in [0.3, 0.4) is 0 Å². The Morgan fingerprint density at radius 3 is 2.55 bits per heavy atom. The molecule has 1 rings (SSSR count). The van der Waals surface area contributed by atoms with Crippen molar-refractivity contribution in [3.05, 3.63) is 23.8 Å². The third-order valence-corrected chi connectivity index (χ3v) is 2.85. The molecule has 0 amide bonds. The Bertz CT molecular complexity index is 483. The van der Waals surface area contributed by atoms with Crippen LogP contribution in [0.1, 0.15) is 43.5 Å². The summed E-state index contributed by atoms with van der Waals surface area (Å²) in [7, 11) is 0. The second-order valence-electron chi connectivity index (χ2n) is 5.10. The minimum Gasteiger partial charge on any atom is -0.491 e. The molecule has 0 aliphatic rings. The highest BCUT2D eigenvalue weighted by Crippen LogP contribution is 2.24. The molecule has 0 heterocycles. The maximum atomic E-state index is 11.8. The van der Waals surface area contributed by atoms with E-state index >= 15 is 0 Å². The van der Waals surface area contributed by atoms with Crippen LogP contribution in [-0.2, 0) is 4.79 Å². The first-order valence-electron chi connectivity index (χ1n) is 6.67.